The number of anilines is 2. The molecule has 0 unspecified atom stereocenters. The van der Waals surface area contributed by atoms with Gasteiger partial charge in [0.25, 0.3) is 0 Å². The van der Waals surface area contributed by atoms with Crippen LogP contribution < -0.4 is 10.1 Å². The van der Waals surface area contributed by atoms with Crippen LogP contribution in [0.3, 0.4) is 0 Å². The lowest BCUT2D eigenvalue weighted by atomic mass is 10.2. The number of hydrogen-bond acceptors (Lipinski definition) is 5. The lowest BCUT2D eigenvalue weighted by Crippen LogP contribution is -2.05. The Kier molecular flexibility index (Phi) is 4.11. The van der Waals surface area contributed by atoms with Crippen molar-refractivity contribution in [3.63, 3.8) is 0 Å². The maximum atomic E-state index is 13.7. The van der Waals surface area contributed by atoms with Crippen LogP contribution in [0.4, 0.5) is 16.0 Å². The minimum atomic E-state index is -0.394. The summed E-state index contributed by atoms with van der Waals surface area (Å²) in [4.78, 5) is 11.7. The second kappa shape index (κ2) is 5.79. The summed E-state index contributed by atoms with van der Waals surface area (Å²) < 4.78 is 18.8. The second-order valence-electron chi connectivity index (χ2n) is 3.70. The van der Waals surface area contributed by atoms with Crippen LogP contribution in [0.5, 0.6) is 6.01 Å². The number of nitrogens with one attached hydrogen (secondary N) is 1. The van der Waals surface area contributed by atoms with Crippen LogP contribution in [0.1, 0.15) is 12.5 Å². The highest BCUT2D eigenvalue weighted by atomic mass is 35.5. The van der Waals surface area contributed by atoms with Gasteiger partial charge in [-0.2, -0.15) is 15.0 Å². The third-order valence-corrected chi connectivity index (χ3v) is 2.49. The SMILES string of the molecule is CCOc1nc(Cl)nc(Nc2c(C)cccc2F)n1. The molecule has 1 N–H and O–H groups in total. The van der Waals surface area contributed by atoms with Crippen LogP contribution in [0.25, 0.3) is 0 Å². The zero-order valence-electron chi connectivity index (χ0n) is 10.4. The molecule has 2 aromatic rings. The highest BCUT2D eigenvalue weighted by Crippen LogP contribution is 2.23. The molecule has 5 nitrogen and oxygen atoms in total. The van der Waals surface area contributed by atoms with Crippen LogP contribution in [0, 0.1) is 12.7 Å². The molecule has 0 aliphatic rings. The lowest BCUT2D eigenvalue weighted by molar-refractivity contribution is 0.312. The number of nitrogens with zero attached hydrogens (tertiary/aromatic N) is 3. The highest BCUT2D eigenvalue weighted by Gasteiger charge is 2.10. The zero-order chi connectivity index (χ0) is 13.8. The molecule has 19 heavy (non-hydrogen) atoms. The van der Waals surface area contributed by atoms with Crippen molar-refractivity contribution >= 4 is 23.2 Å². The minimum absolute atomic E-state index is 0.0186. The third kappa shape index (κ3) is 3.29. The molecule has 0 radical (unpaired) electrons. The monoisotopic (exact) mass is 282 g/mol. The summed E-state index contributed by atoms with van der Waals surface area (Å²) in [6.45, 7) is 3.97. The van der Waals surface area contributed by atoms with Crippen molar-refractivity contribution in [2.24, 2.45) is 0 Å². The van der Waals surface area contributed by atoms with Gasteiger partial charge in [-0.15, -0.1) is 0 Å². The van der Waals surface area contributed by atoms with E-state index in [9.17, 15) is 4.39 Å². The molecule has 0 saturated heterocycles. The fourth-order valence-corrected chi connectivity index (χ4v) is 1.64. The van der Waals surface area contributed by atoms with E-state index >= 15 is 0 Å². The number of aryl methyl sites for hydroxylation is 1. The molecule has 0 fully saturated rings. The molecule has 0 amide bonds. The summed E-state index contributed by atoms with van der Waals surface area (Å²) in [5.74, 6) is -0.258. The fourth-order valence-electron chi connectivity index (χ4n) is 1.48. The molecule has 0 bridgehead atoms. The molecular weight excluding hydrogens is 271 g/mol. The molecule has 1 aromatic carbocycles. The van der Waals surface area contributed by atoms with Gasteiger partial charge in [-0.05, 0) is 37.1 Å². The van der Waals surface area contributed by atoms with E-state index in [1.54, 1.807) is 26.0 Å². The van der Waals surface area contributed by atoms with E-state index in [1.165, 1.54) is 6.07 Å². The molecule has 0 atom stereocenters. The smallest absolute Gasteiger partial charge is 0.322 e. The van der Waals surface area contributed by atoms with Crippen molar-refractivity contribution < 1.29 is 9.13 Å². The van der Waals surface area contributed by atoms with E-state index in [-0.39, 0.29) is 17.2 Å². The van der Waals surface area contributed by atoms with Crippen LogP contribution in [0.15, 0.2) is 18.2 Å². The summed E-state index contributed by atoms with van der Waals surface area (Å²) in [6, 6.07) is 4.85. The molecule has 2 rings (SSSR count). The molecule has 0 spiro atoms. The Labute approximate surface area is 114 Å². The van der Waals surface area contributed by atoms with Gasteiger partial charge in [0, 0.05) is 0 Å². The van der Waals surface area contributed by atoms with Crippen LogP contribution in [0.2, 0.25) is 5.28 Å². The average molecular weight is 283 g/mol. The van der Waals surface area contributed by atoms with Gasteiger partial charge < -0.3 is 10.1 Å². The maximum Gasteiger partial charge on any atom is 0.322 e. The first-order valence-corrected chi connectivity index (χ1v) is 6.04. The first-order chi connectivity index (χ1) is 9.10. The summed E-state index contributed by atoms with van der Waals surface area (Å²) in [5, 5.41) is 2.76. The van der Waals surface area contributed by atoms with Crippen molar-refractivity contribution in [3.05, 3.63) is 34.9 Å². The molecule has 1 aromatic heterocycles. The van der Waals surface area contributed by atoms with Gasteiger partial charge in [0.2, 0.25) is 11.2 Å². The Morgan fingerprint density at radius 1 is 1.32 bits per heavy atom. The number of halogens is 2. The first-order valence-electron chi connectivity index (χ1n) is 5.66. The van der Waals surface area contributed by atoms with Crippen molar-refractivity contribution in [3.8, 4) is 6.01 Å². The van der Waals surface area contributed by atoms with Crippen molar-refractivity contribution in [1.82, 2.24) is 15.0 Å². The number of ether oxygens (including phenoxy) is 1. The van der Waals surface area contributed by atoms with Gasteiger partial charge in [0.1, 0.15) is 5.82 Å². The fraction of sp³-hybridized carbons (Fsp3) is 0.250. The molecule has 0 aliphatic heterocycles. The number of rotatable bonds is 4. The van der Waals surface area contributed by atoms with E-state index in [2.05, 4.69) is 20.3 Å². The van der Waals surface area contributed by atoms with E-state index in [0.29, 0.717) is 12.3 Å². The molecule has 0 saturated carbocycles. The van der Waals surface area contributed by atoms with Crippen LogP contribution >= 0.6 is 11.6 Å². The lowest BCUT2D eigenvalue weighted by Gasteiger charge is -2.10. The second-order valence-corrected chi connectivity index (χ2v) is 4.04. The Hall–Kier alpha value is -1.95. The van der Waals surface area contributed by atoms with Crippen molar-refractivity contribution in [2.75, 3.05) is 11.9 Å². The van der Waals surface area contributed by atoms with Gasteiger partial charge in [-0.1, -0.05) is 12.1 Å². The van der Waals surface area contributed by atoms with Crippen LogP contribution in [-0.4, -0.2) is 21.6 Å². The zero-order valence-corrected chi connectivity index (χ0v) is 11.2. The van der Waals surface area contributed by atoms with Gasteiger partial charge in [-0.25, -0.2) is 4.39 Å². The Balaban J connectivity index is 2.33. The number of para-hydroxylation sites is 1. The predicted octanol–water partition coefficient (Wildman–Crippen LogP) is 3.11. The summed E-state index contributed by atoms with van der Waals surface area (Å²) in [5.41, 5.74) is 1.03. The first kappa shape index (κ1) is 13.5. The number of aromatic nitrogens is 3. The predicted molar refractivity (Wildman–Crippen MR) is 70.4 cm³/mol. The molecular formula is C12H12ClFN4O. The molecule has 0 aliphatic carbocycles. The van der Waals surface area contributed by atoms with E-state index < -0.39 is 5.82 Å². The van der Waals surface area contributed by atoms with Crippen LogP contribution in [-0.2, 0) is 0 Å². The normalized spacial score (nSPS) is 10.3. The average Bonchev–Trinajstić information content (AvgIpc) is 2.34. The summed E-state index contributed by atoms with van der Waals surface area (Å²) in [7, 11) is 0. The number of benzene rings is 1. The highest BCUT2D eigenvalue weighted by molar-refractivity contribution is 6.28. The summed E-state index contributed by atoms with van der Waals surface area (Å²) >= 11 is 5.76. The maximum absolute atomic E-state index is 13.7. The molecule has 100 valence electrons. The minimum Gasteiger partial charge on any atom is -0.464 e. The Bertz CT molecular complexity index is 574. The van der Waals surface area contributed by atoms with E-state index in [0.717, 1.165) is 5.56 Å². The largest absolute Gasteiger partial charge is 0.464 e. The topological polar surface area (TPSA) is 59.9 Å². The van der Waals surface area contributed by atoms with E-state index in [1.807, 2.05) is 0 Å². The van der Waals surface area contributed by atoms with Crippen molar-refractivity contribution in [1.29, 1.82) is 0 Å². The number of hydrogen-bond donors (Lipinski definition) is 1. The van der Waals surface area contributed by atoms with Gasteiger partial charge in [0.15, 0.2) is 0 Å². The quantitative estimate of drug-likeness (QED) is 0.933. The Morgan fingerprint density at radius 2 is 2.11 bits per heavy atom. The van der Waals surface area contributed by atoms with Gasteiger partial charge in [-0.3, -0.25) is 0 Å². The van der Waals surface area contributed by atoms with Gasteiger partial charge >= 0.3 is 6.01 Å². The summed E-state index contributed by atoms with van der Waals surface area (Å²) in [6.07, 6.45) is 0. The standard InChI is InChI=1S/C12H12ClFN4O/c1-3-19-12-17-10(13)16-11(18-12)15-9-7(2)5-4-6-8(9)14/h4-6H,3H2,1-2H3,(H,15,16,17,18). The van der Waals surface area contributed by atoms with Crippen molar-refractivity contribution in [2.45, 2.75) is 13.8 Å². The molecule has 1 heterocycles. The Morgan fingerprint density at radius 3 is 2.79 bits per heavy atom. The van der Waals surface area contributed by atoms with Gasteiger partial charge in [0.05, 0.1) is 12.3 Å². The molecule has 7 heteroatoms. The third-order valence-electron chi connectivity index (χ3n) is 2.32. The van der Waals surface area contributed by atoms with E-state index in [4.69, 9.17) is 16.3 Å².